The first-order chi connectivity index (χ1) is 14.8. The van der Waals surface area contributed by atoms with Crippen LogP contribution in [0.25, 0.3) is 21.8 Å². The predicted octanol–water partition coefficient (Wildman–Crippen LogP) is 5.94. The second-order valence-electron chi connectivity index (χ2n) is 8.61. The number of hydrogen-bond acceptors (Lipinski definition) is 4. The lowest BCUT2D eigenvalue weighted by Gasteiger charge is -2.23. The number of nitrogens with zero attached hydrogens (tertiary/aromatic N) is 1. The van der Waals surface area contributed by atoms with Crippen LogP contribution in [-0.4, -0.2) is 27.5 Å². The number of hydrogen-bond donors (Lipinski definition) is 1. The minimum atomic E-state index is -1.34. The van der Waals surface area contributed by atoms with Gasteiger partial charge in [-0.05, 0) is 38.7 Å². The molecule has 4 aromatic rings. The van der Waals surface area contributed by atoms with Gasteiger partial charge in [-0.1, -0.05) is 60.7 Å². The van der Waals surface area contributed by atoms with Crippen molar-refractivity contribution in [2.24, 2.45) is 0 Å². The first-order valence-electron chi connectivity index (χ1n) is 10.3. The Labute approximate surface area is 186 Å². The molecule has 1 N–H and O–H groups in total. The maximum Gasteiger partial charge on any atom is 0.340 e. The van der Waals surface area contributed by atoms with Crippen LogP contribution in [0.15, 0.2) is 71.6 Å². The maximum atomic E-state index is 12.6. The van der Waals surface area contributed by atoms with Gasteiger partial charge in [0.15, 0.2) is 6.10 Å². The molecule has 0 radical (unpaired) electrons. The van der Waals surface area contributed by atoms with Gasteiger partial charge in [0.1, 0.15) is 5.60 Å². The molecule has 0 spiro atoms. The second kappa shape index (κ2) is 8.40. The fourth-order valence-electron chi connectivity index (χ4n) is 3.97. The van der Waals surface area contributed by atoms with Crippen molar-refractivity contribution >= 4 is 39.5 Å². The monoisotopic (exact) mass is 433 g/mol. The van der Waals surface area contributed by atoms with E-state index in [0.717, 1.165) is 26.7 Å². The molecule has 1 heterocycles. The van der Waals surface area contributed by atoms with Gasteiger partial charge < -0.3 is 14.4 Å². The van der Waals surface area contributed by atoms with Crippen molar-refractivity contribution in [3.05, 3.63) is 77.9 Å². The van der Waals surface area contributed by atoms with Crippen LogP contribution in [0.3, 0.4) is 0 Å². The highest BCUT2D eigenvalue weighted by Crippen LogP contribution is 2.39. The Balaban J connectivity index is 1.93. The molecule has 0 bridgehead atoms. The predicted molar refractivity (Wildman–Crippen MR) is 128 cm³/mol. The van der Waals surface area contributed by atoms with Gasteiger partial charge in [0, 0.05) is 33.3 Å². The minimum absolute atomic E-state index is 0.575. The van der Waals surface area contributed by atoms with Gasteiger partial charge in [0.25, 0.3) is 0 Å². The average Bonchev–Trinajstić information content (AvgIpc) is 3.06. The van der Waals surface area contributed by atoms with Crippen molar-refractivity contribution in [2.45, 2.75) is 43.9 Å². The average molecular weight is 434 g/mol. The molecule has 1 unspecified atom stereocenters. The highest BCUT2D eigenvalue weighted by atomic mass is 32.2. The molecule has 0 saturated heterocycles. The van der Waals surface area contributed by atoms with Gasteiger partial charge in [0.05, 0.1) is 5.52 Å². The van der Waals surface area contributed by atoms with Gasteiger partial charge in [0.2, 0.25) is 0 Å². The highest BCUT2D eigenvalue weighted by molar-refractivity contribution is 7.98. The number of fused-ring (bicyclic) bond motifs is 3. The van der Waals surface area contributed by atoms with Gasteiger partial charge in [-0.3, -0.25) is 0 Å². The zero-order chi connectivity index (χ0) is 22.2. The fourth-order valence-corrected chi connectivity index (χ4v) is 4.80. The van der Waals surface area contributed by atoms with E-state index in [4.69, 9.17) is 4.74 Å². The Morgan fingerprint density at radius 2 is 1.68 bits per heavy atom. The molecule has 4 rings (SSSR count). The second-order valence-corrected chi connectivity index (χ2v) is 9.43. The van der Waals surface area contributed by atoms with E-state index in [1.807, 2.05) is 48.7 Å². The Morgan fingerprint density at radius 1 is 1.00 bits per heavy atom. The molecule has 31 heavy (non-hydrogen) atoms. The number of benzene rings is 3. The van der Waals surface area contributed by atoms with Crippen LogP contribution in [0.2, 0.25) is 0 Å². The molecule has 1 atom stereocenters. The Bertz CT molecular complexity index is 1240. The zero-order valence-electron chi connectivity index (χ0n) is 18.3. The largest absolute Gasteiger partial charge is 0.458 e. The van der Waals surface area contributed by atoms with E-state index in [2.05, 4.69) is 28.8 Å². The number of aliphatic hydroxyl groups is 1. The van der Waals surface area contributed by atoms with Crippen LogP contribution in [0.4, 0.5) is 0 Å². The number of thioether (sulfide) groups is 1. The van der Waals surface area contributed by atoms with E-state index < -0.39 is 17.7 Å². The van der Waals surface area contributed by atoms with Crippen LogP contribution >= 0.6 is 11.8 Å². The van der Waals surface area contributed by atoms with Gasteiger partial charge in [-0.25, -0.2) is 4.79 Å². The topological polar surface area (TPSA) is 51.5 Å². The molecule has 3 aromatic carbocycles. The van der Waals surface area contributed by atoms with Crippen molar-refractivity contribution in [2.75, 3.05) is 6.26 Å². The summed E-state index contributed by atoms with van der Waals surface area (Å²) in [6, 6.07) is 22.5. The Hall–Kier alpha value is -2.76. The Morgan fingerprint density at radius 3 is 2.35 bits per heavy atom. The van der Waals surface area contributed by atoms with Crippen molar-refractivity contribution in [3.63, 3.8) is 0 Å². The molecule has 0 aliphatic carbocycles. The third kappa shape index (κ3) is 4.21. The lowest BCUT2D eigenvalue weighted by Crippen LogP contribution is -2.28. The molecule has 1 aromatic heterocycles. The lowest BCUT2D eigenvalue weighted by atomic mass is 10.1. The summed E-state index contributed by atoms with van der Waals surface area (Å²) in [6.45, 7) is 6.10. The van der Waals surface area contributed by atoms with E-state index in [1.165, 1.54) is 17.3 Å². The van der Waals surface area contributed by atoms with Crippen molar-refractivity contribution < 1.29 is 14.6 Å². The summed E-state index contributed by atoms with van der Waals surface area (Å²) in [4.78, 5) is 13.5. The third-order valence-corrected chi connectivity index (χ3v) is 6.07. The van der Waals surface area contributed by atoms with Gasteiger partial charge >= 0.3 is 5.97 Å². The van der Waals surface area contributed by atoms with E-state index in [0.29, 0.717) is 12.1 Å². The molecular formula is C26H27NO3S. The van der Waals surface area contributed by atoms with Crippen LogP contribution < -0.4 is 0 Å². The standard InChI is InChI=1S/C26H27NO3S/c1-26(2,3)30-25(29)23(28)20-15-14-19-18-12-8-9-13-21(18)27(22(19)24(20)31-4)16-17-10-6-5-7-11-17/h5-15,23,28H,16H2,1-4H3. The maximum absolute atomic E-state index is 12.6. The van der Waals surface area contributed by atoms with Crippen molar-refractivity contribution in [3.8, 4) is 0 Å². The van der Waals surface area contributed by atoms with Crippen LogP contribution in [0.5, 0.6) is 0 Å². The first kappa shape index (κ1) is 21.5. The fraction of sp³-hybridized carbons (Fsp3) is 0.269. The van der Waals surface area contributed by atoms with E-state index in [-0.39, 0.29) is 0 Å². The van der Waals surface area contributed by atoms with E-state index in [9.17, 15) is 9.90 Å². The van der Waals surface area contributed by atoms with Crippen LogP contribution in [0.1, 0.15) is 38.0 Å². The normalized spacial score (nSPS) is 12.9. The number of esters is 1. The number of aliphatic hydroxyl groups excluding tert-OH is 1. The molecule has 160 valence electrons. The van der Waals surface area contributed by atoms with E-state index >= 15 is 0 Å². The number of para-hydroxylation sites is 1. The summed E-state index contributed by atoms with van der Waals surface area (Å²) in [6.07, 6.45) is 0.638. The molecule has 0 aliphatic heterocycles. The van der Waals surface area contributed by atoms with E-state index in [1.54, 1.807) is 20.8 Å². The van der Waals surface area contributed by atoms with Gasteiger partial charge in [-0.15, -0.1) is 11.8 Å². The number of aromatic nitrogens is 1. The first-order valence-corrected chi connectivity index (χ1v) is 11.6. The minimum Gasteiger partial charge on any atom is -0.458 e. The Kier molecular flexibility index (Phi) is 5.82. The highest BCUT2D eigenvalue weighted by Gasteiger charge is 2.28. The number of carbonyl (C=O) groups excluding carboxylic acids is 1. The molecule has 0 amide bonds. The summed E-state index contributed by atoms with van der Waals surface area (Å²) in [5.41, 5.74) is 3.25. The number of rotatable bonds is 5. The number of ether oxygens (including phenoxy) is 1. The third-order valence-electron chi connectivity index (χ3n) is 5.23. The molecule has 0 saturated carbocycles. The summed E-state index contributed by atoms with van der Waals surface area (Å²) >= 11 is 1.54. The summed E-state index contributed by atoms with van der Waals surface area (Å²) in [5.74, 6) is -0.632. The molecular weight excluding hydrogens is 406 g/mol. The van der Waals surface area contributed by atoms with Crippen molar-refractivity contribution in [1.82, 2.24) is 4.57 Å². The summed E-state index contributed by atoms with van der Waals surface area (Å²) in [7, 11) is 0. The quantitative estimate of drug-likeness (QED) is 0.313. The summed E-state index contributed by atoms with van der Waals surface area (Å²) < 4.78 is 7.72. The number of carbonyl (C=O) groups is 1. The smallest absolute Gasteiger partial charge is 0.340 e. The van der Waals surface area contributed by atoms with Crippen LogP contribution in [-0.2, 0) is 16.1 Å². The van der Waals surface area contributed by atoms with Crippen LogP contribution in [0, 0.1) is 0 Å². The molecule has 0 aliphatic rings. The molecule has 0 fully saturated rings. The SMILES string of the molecule is CSc1c(C(O)C(=O)OC(C)(C)C)ccc2c3ccccc3n(Cc3ccccc3)c12. The van der Waals surface area contributed by atoms with Gasteiger partial charge in [-0.2, -0.15) is 0 Å². The summed E-state index contributed by atoms with van der Waals surface area (Å²) in [5, 5.41) is 13.1. The zero-order valence-corrected chi connectivity index (χ0v) is 19.1. The van der Waals surface area contributed by atoms with Crippen molar-refractivity contribution in [1.29, 1.82) is 0 Å². The molecule has 4 nitrogen and oxygen atoms in total. The molecule has 5 heteroatoms. The lowest BCUT2D eigenvalue weighted by molar-refractivity contribution is -0.165.